The van der Waals surface area contributed by atoms with Gasteiger partial charge in [0, 0.05) is 27.3 Å². The topological polar surface area (TPSA) is 92.2 Å². The summed E-state index contributed by atoms with van der Waals surface area (Å²) in [4.78, 5) is 27.9. The van der Waals surface area contributed by atoms with Crippen LogP contribution in [0.3, 0.4) is 0 Å². The number of H-pyrrole nitrogens is 1. The third kappa shape index (κ3) is 4.58. The van der Waals surface area contributed by atoms with E-state index in [2.05, 4.69) is 20.5 Å². The van der Waals surface area contributed by atoms with E-state index in [4.69, 9.17) is 23.2 Å². The first-order valence-corrected chi connectivity index (χ1v) is 11.6. The van der Waals surface area contributed by atoms with Gasteiger partial charge in [-0.2, -0.15) is 5.10 Å². The SMILES string of the molecule is CC(=O)c1ccc(Cl)c(C(C)C(=O)Nc2cccc(-c3nn4nc(C(C)(C)C)c(Cl)c4[nH]3)c2)c1. The smallest absolute Gasteiger partial charge is 0.231 e. The lowest BCUT2D eigenvalue weighted by molar-refractivity contribution is -0.117. The van der Waals surface area contributed by atoms with Crippen LogP contribution in [0.2, 0.25) is 10.0 Å². The highest BCUT2D eigenvalue weighted by Crippen LogP contribution is 2.32. The van der Waals surface area contributed by atoms with Gasteiger partial charge in [0.2, 0.25) is 5.91 Å². The molecule has 0 radical (unpaired) electrons. The van der Waals surface area contributed by atoms with Gasteiger partial charge in [-0.25, -0.2) is 0 Å². The number of benzene rings is 2. The summed E-state index contributed by atoms with van der Waals surface area (Å²) in [7, 11) is 0. The van der Waals surface area contributed by atoms with Gasteiger partial charge in [0.05, 0.1) is 11.6 Å². The number of hydrogen-bond acceptors (Lipinski definition) is 4. The van der Waals surface area contributed by atoms with Crippen LogP contribution in [0.5, 0.6) is 0 Å². The summed E-state index contributed by atoms with van der Waals surface area (Å²) in [6, 6.07) is 12.3. The van der Waals surface area contributed by atoms with Crippen LogP contribution in [0, 0.1) is 0 Å². The first-order chi connectivity index (χ1) is 16.0. The fraction of sp³-hybridized carbons (Fsp3) is 0.280. The molecule has 9 heteroatoms. The van der Waals surface area contributed by atoms with E-state index in [9.17, 15) is 9.59 Å². The van der Waals surface area contributed by atoms with Gasteiger partial charge < -0.3 is 10.3 Å². The summed E-state index contributed by atoms with van der Waals surface area (Å²) < 4.78 is 1.50. The van der Waals surface area contributed by atoms with Gasteiger partial charge in [-0.15, -0.1) is 9.73 Å². The first-order valence-electron chi connectivity index (χ1n) is 10.8. The van der Waals surface area contributed by atoms with E-state index in [1.54, 1.807) is 31.2 Å². The molecule has 2 N–H and O–H groups in total. The Morgan fingerprint density at radius 1 is 1.09 bits per heavy atom. The molecule has 7 nitrogen and oxygen atoms in total. The van der Waals surface area contributed by atoms with Crippen LogP contribution in [-0.4, -0.2) is 31.5 Å². The second-order valence-corrected chi connectivity index (χ2v) is 10.1. The van der Waals surface area contributed by atoms with Crippen molar-refractivity contribution in [3.8, 4) is 11.4 Å². The Kier molecular flexibility index (Phi) is 6.27. The molecule has 0 fully saturated rings. The van der Waals surface area contributed by atoms with Crippen molar-refractivity contribution in [2.24, 2.45) is 0 Å². The van der Waals surface area contributed by atoms with Crippen molar-refractivity contribution in [2.75, 3.05) is 5.32 Å². The van der Waals surface area contributed by atoms with Crippen LogP contribution in [0.4, 0.5) is 5.69 Å². The molecule has 176 valence electrons. The summed E-state index contributed by atoms with van der Waals surface area (Å²) in [6.07, 6.45) is 0. The number of nitrogens with zero attached hydrogens (tertiary/aromatic N) is 3. The van der Waals surface area contributed by atoms with Gasteiger partial charge in [-0.05, 0) is 49.7 Å². The molecule has 34 heavy (non-hydrogen) atoms. The van der Waals surface area contributed by atoms with Crippen molar-refractivity contribution in [3.63, 3.8) is 0 Å². The van der Waals surface area contributed by atoms with Crippen LogP contribution in [-0.2, 0) is 10.2 Å². The molecule has 0 aliphatic heterocycles. The highest BCUT2D eigenvalue weighted by atomic mass is 35.5. The summed E-state index contributed by atoms with van der Waals surface area (Å²) in [5.41, 5.74) is 3.65. The molecule has 1 unspecified atom stereocenters. The molecule has 0 spiro atoms. The number of rotatable bonds is 5. The quantitative estimate of drug-likeness (QED) is 0.317. The van der Waals surface area contributed by atoms with Crippen molar-refractivity contribution < 1.29 is 9.59 Å². The standard InChI is InChI=1S/C25H25Cl2N5O2/c1-13(18-12-15(14(2)33)9-10-19(18)26)24(34)28-17-8-6-7-16(11-17)22-29-23-20(27)21(25(3,4)5)30-32(23)31-22/h6-13H,1-5H3,(H,28,34)(H,29,31). The number of hydrogen-bond donors (Lipinski definition) is 2. The maximum absolute atomic E-state index is 13.0. The van der Waals surface area contributed by atoms with Crippen molar-refractivity contribution in [2.45, 2.75) is 46.0 Å². The summed E-state index contributed by atoms with van der Waals surface area (Å²) in [5.74, 6) is -0.312. The van der Waals surface area contributed by atoms with E-state index in [0.717, 1.165) is 11.3 Å². The van der Waals surface area contributed by atoms with Crippen LogP contribution < -0.4 is 5.32 Å². The van der Waals surface area contributed by atoms with Gasteiger partial charge in [-0.3, -0.25) is 9.59 Å². The number of amides is 1. The van der Waals surface area contributed by atoms with E-state index >= 15 is 0 Å². The number of Topliss-reactive ketones (excluding diaryl/α,β-unsaturated/α-hetero) is 1. The van der Waals surface area contributed by atoms with Crippen LogP contribution in [0.1, 0.15) is 62.2 Å². The number of fused-ring (bicyclic) bond motifs is 1. The summed E-state index contributed by atoms with van der Waals surface area (Å²) in [6.45, 7) is 9.35. The second-order valence-electron chi connectivity index (χ2n) is 9.31. The van der Waals surface area contributed by atoms with Gasteiger partial charge in [0.15, 0.2) is 17.3 Å². The molecule has 0 saturated heterocycles. The predicted octanol–water partition coefficient (Wildman–Crippen LogP) is 6.27. The highest BCUT2D eigenvalue weighted by Gasteiger charge is 2.25. The Hall–Kier alpha value is -3.16. The van der Waals surface area contributed by atoms with Crippen LogP contribution in [0.25, 0.3) is 17.0 Å². The average molecular weight is 498 g/mol. The third-order valence-corrected chi connectivity index (χ3v) is 6.32. The molecule has 2 heterocycles. The van der Waals surface area contributed by atoms with Gasteiger partial charge >= 0.3 is 0 Å². The number of aromatic amines is 1. The number of anilines is 1. The lowest BCUT2D eigenvalue weighted by atomic mass is 9.92. The summed E-state index contributed by atoms with van der Waals surface area (Å²) >= 11 is 12.8. The van der Waals surface area contributed by atoms with E-state index < -0.39 is 5.92 Å². The molecule has 1 amide bonds. The van der Waals surface area contributed by atoms with Gasteiger partial charge in [0.1, 0.15) is 5.02 Å². The Balaban J connectivity index is 1.58. The normalized spacial score (nSPS) is 12.7. The number of aromatic nitrogens is 4. The van der Waals surface area contributed by atoms with Gasteiger partial charge in [-0.1, -0.05) is 56.1 Å². The maximum atomic E-state index is 13.0. The average Bonchev–Trinajstić information content (AvgIpc) is 3.33. The molecule has 4 rings (SSSR count). The lowest BCUT2D eigenvalue weighted by Crippen LogP contribution is -2.19. The number of halogens is 2. The van der Waals surface area contributed by atoms with Crippen molar-refractivity contribution in [1.82, 2.24) is 19.8 Å². The molecular formula is C25H25Cl2N5O2. The van der Waals surface area contributed by atoms with Crippen molar-refractivity contribution in [3.05, 3.63) is 69.3 Å². The molecule has 0 saturated carbocycles. The molecule has 0 aliphatic rings. The minimum atomic E-state index is -0.558. The zero-order valence-electron chi connectivity index (χ0n) is 19.5. The maximum Gasteiger partial charge on any atom is 0.231 e. The minimum absolute atomic E-state index is 0.0854. The van der Waals surface area contributed by atoms with Crippen LogP contribution >= 0.6 is 23.2 Å². The largest absolute Gasteiger partial charge is 0.326 e. The Morgan fingerprint density at radius 2 is 1.82 bits per heavy atom. The van der Waals surface area contributed by atoms with Crippen LogP contribution in [0.15, 0.2) is 42.5 Å². The van der Waals surface area contributed by atoms with E-state index in [-0.39, 0.29) is 17.1 Å². The molecule has 0 bridgehead atoms. The molecule has 2 aromatic carbocycles. The van der Waals surface area contributed by atoms with Crippen molar-refractivity contribution in [1.29, 1.82) is 0 Å². The summed E-state index contributed by atoms with van der Waals surface area (Å²) in [5, 5.41) is 12.9. The number of carbonyl (C=O) groups is 2. The zero-order valence-corrected chi connectivity index (χ0v) is 21.0. The molecular weight excluding hydrogens is 473 g/mol. The second kappa shape index (κ2) is 8.89. The predicted molar refractivity (Wildman–Crippen MR) is 135 cm³/mol. The lowest BCUT2D eigenvalue weighted by Gasteiger charge is -2.15. The first kappa shape index (κ1) is 24.0. The van der Waals surface area contributed by atoms with Gasteiger partial charge in [0.25, 0.3) is 0 Å². The Labute approximate surface area is 207 Å². The molecule has 4 aromatic rings. The van der Waals surface area contributed by atoms with Crippen molar-refractivity contribution >= 4 is 46.2 Å². The Morgan fingerprint density at radius 3 is 2.47 bits per heavy atom. The molecule has 0 aliphatic carbocycles. The molecule has 1 atom stereocenters. The third-order valence-electron chi connectivity index (χ3n) is 5.62. The van der Waals surface area contributed by atoms with E-state index in [1.807, 2.05) is 39.0 Å². The number of nitrogens with one attached hydrogen (secondary N) is 2. The highest BCUT2D eigenvalue weighted by molar-refractivity contribution is 6.34. The number of carbonyl (C=O) groups excluding carboxylic acids is 2. The number of ketones is 1. The molecule has 2 aromatic heterocycles. The zero-order chi connectivity index (χ0) is 24.8. The monoisotopic (exact) mass is 497 g/mol. The fourth-order valence-electron chi connectivity index (χ4n) is 3.64. The minimum Gasteiger partial charge on any atom is -0.326 e. The van der Waals surface area contributed by atoms with E-state index in [1.165, 1.54) is 11.6 Å². The van der Waals surface area contributed by atoms with E-state index in [0.29, 0.717) is 38.3 Å². The fourth-order valence-corrected chi connectivity index (χ4v) is 4.36. The Bertz CT molecular complexity index is 1410.